The second kappa shape index (κ2) is 9.01. The SMILES string of the molecule is CC(NC(=O)CCCCCN=C1NS(=O)(=O)c2ccccc21)c1ccccc1. The number of carbonyl (C=O) groups excluding carboxylic acids is 1. The van der Waals surface area contributed by atoms with Gasteiger partial charge in [0, 0.05) is 18.5 Å². The minimum atomic E-state index is -3.48. The predicted molar refractivity (Wildman–Crippen MR) is 110 cm³/mol. The molecule has 0 saturated heterocycles. The van der Waals surface area contributed by atoms with Gasteiger partial charge in [-0.1, -0.05) is 48.9 Å². The Bertz CT molecular complexity index is 956. The van der Waals surface area contributed by atoms with Crippen molar-refractivity contribution >= 4 is 21.8 Å². The number of amides is 1. The highest BCUT2D eigenvalue weighted by Crippen LogP contribution is 2.22. The number of rotatable bonds is 8. The van der Waals surface area contributed by atoms with Gasteiger partial charge >= 0.3 is 0 Å². The third kappa shape index (κ3) is 4.98. The number of sulfonamides is 1. The van der Waals surface area contributed by atoms with Gasteiger partial charge in [-0.3, -0.25) is 14.5 Å². The molecule has 3 rings (SSSR count). The Labute approximate surface area is 166 Å². The topological polar surface area (TPSA) is 87.6 Å². The van der Waals surface area contributed by atoms with Gasteiger partial charge in [0.1, 0.15) is 5.84 Å². The average Bonchev–Trinajstić information content (AvgIpc) is 2.96. The van der Waals surface area contributed by atoms with E-state index in [4.69, 9.17) is 0 Å². The molecular weight excluding hydrogens is 374 g/mol. The van der Waals surface area contributed by atoms with Crippen molar-refractivity contribution in [1.82, 2.24) is 10.0 Å². The molecule has 1 heterocycles. The molecule has 1 aliphatic rings. The lowest BCUT2D eigenvalue weighted by atomic mass is 10.1. The van der Waals surface area contributed by atoms with E-state index in [1.807, 2.05) is 37.3 Å². The third-order valence-electron chi connectivity index (χ3n) is 4.67. The summed E-state index contributed by atoms with van der Waals surface area (Å²) in [7, 11) is -3.48. The Morgan fingerprint density at radius 2 is 1.75 bits per heavy atom. The van der Waals surface area contributed by atoms with Crippen molar-refractivity contribution in [3.63, 3.8) is 0 Å². The molecule has 6 nitrogen and oxygen atoms in total. The second-order valence-electron chi connectivity index (χ2n) is 6.84. The highest BCUT2D eigenvalue weighted by atomic mass is 32.2. The molecule has 0 saturated carbocycles. The molecule has 0 aromatic heterocycles. The van der Waals surface area contributed by atoms with Crippen molar-refractivity contribution in [3.05, 3.63) is 65.7 Å². The number of fused-ring (bicyclic) bond motifs is 1. The molecule has 0 spiro atoms. The molecule has 1 aliphatic heterocycles. The first kappa shape index (κ1) is 20.1. The fraction of sp³-hybridized carbons (Fsp3) is 0.333. The maximum atomic E-state index is 12.1. The fourth-order valence-electron chi connectivity index (χ4n) is 3.15. The summed E-state index contributed by atoms with van der Waals surface area (Å²) in [6.07, 6.45) is 2.91. The van der Waals surface area contributed by atoms with Crippen LogP contribution in [-0.2, 0) is 14.8 Å². The molecule has 2 aromatic carbocycles. The van der Waals surface area contributed by atoms with Crippen LogP contribution in [0.1, 0.15) is 49.8 Å². The number of carbonyl (C=O) groups is 1. The van der Waals surface area contributed by atoms with E-state index in [1.165, 1.54) is 0 Å². The van der Waals surface area contributed by atoms with Crippen molar-refractivity contribution in [3.8, 4) is 0 Å². The maximum absolute atomic E-state index is 12.1. The monoisotopic (exact) mass is 399 g/mol. The predicted octanol–water partition coefficient (Wildman–Crippen LogP) is 3.16. The fourth-order valence-corrected chi connectivity index (χ4v) is 4.41. The molecule has 148 valence electrons. The second-order valence-corrected chi connectivity index (χ2v) is 8.49. The molecule has 1 atom stereocenters. The summed E-state index contributed by atoms with van der Waals surface area (Å²) >= 11 is 0. The number of benzene rings is 2. The van der Waals surface area contributed by atoms with Crippen molar-refractivity contribution in [1.29, 1.82) is 0 Å². The summed E-state index contributed by atoms with van der Waals surface area (Å²) in [4.78, 5) is 16.7. The van der Waals surface area contributed by atoms with Crippen LogP contribution < -0.4 is 10.0 Å². The smallest absolute Gasteiger partial charge is 0.263 e. The van der Waals surface area contributed by atoms with E-state index in [0.29, 0.717) is 24.4 Å². The van der Waals surface area contributed by atoms with Crippen LogP contribution in [0, 0.1) is 0 Å². The van der Waals surface area contributed by atoms with Crippen LogP contribution in [0.4, 0.5) is 0 Å². The molecule has 2 N–H and O–H groups in total. The largest absolute Gasteiger partial charge is 0.350 e. The Morgan fingerprint density at radius 1 is 1.04 bits per heavy atom. The minimum Gasteiger partial charge on any atom is -0.350 e. The van der Waals surface area contributed by atoms with Crippen LogP contribution in [0.3, 0.4) is 0 Å². The van der Waals surface area contributed by atoms with Crippen molar-refractivity contribution in [2.75, 3.05) is 6.54 Å². The molecule has 0 aliphatic carbocycles. The number of aliphatic imine (C=N–C) groups is 1. The summed E-state index contributed by atoms with van der Waals surface area (Å²) in [5, 5.41) is 3.01. The molecule has 2 aromatic rings. The van der Waals surface area contributed by atoms with Crippen LogP contribution in [0.5, 0.6) is 0 Å². The number of hydrogen-bond acceptors (Lipinski definition) is 4. The summed E-state index contributed by atoms with van der Waals surface area (Å²) in [5.41, 5.74) is 1.71. The van der Waals surface area contributed by atoms with Crippen LogP contribution in [0.25, 0.3) is 0 Å². The molecule has 7 heteroatoms. The Balaban J connectivity index is 1.39. The van der Waals surface area contributed by atoms with Crippen LogP contribution in [0.2, 0.25) is 0 Å². The Hall–Kier alpha value is -2.67. The first-order chi connectivity index (χ1) is 13.5. The lowest BCUT2D eigenvalue weighted by molar-refractivity contribution is -0.121. The number of nitrogens with zero attached hydrogens (tertiary/aromatic N) is 1. The van der Waals surface area contributed by atoms with Crippen molar-refractivity contribution in [2.45, 2.75) is 43.5 Å². The zero-order chi connectivity index (χ0) is 20.0. The van der Waals surface area contributed by atoms with Crippen LogP contribution in [0.15, 0.2) is 64.5 Å². The quantitative estimate of drug-likeness (QED) is 0.669. The molecular formula is C21H25N3O3S. The summed E-state index contributed by atoms with van der Waals surface area (Å²) in [6.45, 7) is 2.50. The first-order valence-corrected chi connectivity index (χ1v) is 11.0. The number of nitrogens with one attached hydrogen (secondary N) is 2. The highest BCUT2D eigenvalue weighted by molar-refractivity contribution is 7.90. The van der Waals surface area contributed by atoms with E-state index in [1.54, 1.807) is 24.3 Å². The van der Waals surface area contributed by atoms with Gasteiger partial charge in [-0.15, -0.1) is 0 Å². The first-order valence-electron chi connectivity index (χ1n) is 9.48. The molecule has 1 unspecified atom stereocenters. The summed E-state index contributed by atoms with van der Waals surface area (Å²) < 4.78 is 26.6. The minimum absolute atomic E-state index is 0.00411. The van der Waals surface area contributed by atoms with E-state index in [2.05, 4.69) is 15.0 Å². The zero-order valence-corrected chi connectivity index (χ0v) is 16.7. The lowest BCUT2D eigenvalue weighted by Gasteiger charge is -2.14. The normalized spacial score (nSPS) is 17.0. The van der Waals surface area contributed by atoms with Gasteiger partial charge in [0.15, 0.2) is 0 Å². The van der Waals surface area contributed by atoms with Gasteiger partial charge < -0.3 is 5.32 Å². The van der Waals surface area contributed by atoms with Gasteiger partial charge in [-0.2, -0.15) is 0 Å². The number of unbranched alkanes of at least 4 members (excludes halogenated alkanes) is 2. The van der Waals surface area contributed by atoms with Crippen LogP contribution in [-0.4, -0.2) is 26.7 Å². The van der Waals surface area contributed by atoms with Crippen LogP contribution >= 0.6 is 0 Å². The van der Waals surface area contributed by atoms with E-state index in [9.17, 15) is 13.2 Å². The molecule has 0 bridgehead atoms. The summed E-state index contributed by atoms with van der Waals surface area (Å²) in [5.74, 6) is 0.449. The highest BCUT2D eigenvalue weighted by Gasteiger charge is 2.29. The van der Waals surface area contributed by atoms with E-state index in [-0.39, 0.29) is 16.8 Å². The Kier molecular flexibility index (Phi) is 6.46. The lowest BCUT2D eigenvalue weighted by Crippen LogP contribution is -2.26. The zero-order valence-electron chi connectivity index (χ0n) is 15.9. The van der Waals surface area contributed by atoms with Crippen molar-refractivity contribution in [2.24, 2.45) is 4.99 Å². The molecule has 0 fully saturated rings. The van der Waals surface area contributed by atoms with Gasteiger partial charge in [-0.05, 0) is 37.5 Å². The Morgan fingerprint density at radius 3 is 2.54 bits per heavy atom. The third-order valence-corrected chi connectivity index (χ3v) is 6.07. The van der Waals surface area contributed by atoms with Gasteiger partial charge in [0.05, 0.1) is 10.9 Å². The average molecular weight is 400 g/mol. The van der Waals surface area contributed by atoms with Crippen molar-refractivity contribution < 1.29 is 13.2 Å². The number of amidine groups is 1. The molecule has 0 radical (unpaired) electrons. The maximum Gasteiger partial charge on any atom is 0.263 e. The van der Waals surface area contributed by atoms with E-state index in [0.717, 1.165) is 24.8 Å². The standard InChI is InChI=1S/C21H25N3O3S/c1-16(17-10-4-2-5-11-17)23-20(25)14-6-3-9-15-22-21-18-12-7-8-13-19(18)28(26,27)24-21/h2,4-5,7-8,10-13,16H,3,6,9,14-15H2,1H3,(H,22,24)(H,23,25). The van der Waals surface area contributed by atoms with Gasteiger partial charge in [0.25, 0.3) is 10.0 Å². The number of hydrogen-bond donors (Lipinski definition) is 2. The van der Waals surface area contributed by atoms with Gasteiger partial charge in [-0.25, -0.2) is 8.42 Å². The molecule has 28 heavy (non-hydrogen) atoms. The van der Waals surface area contributed by atoms with E-state index < -0.39 is 10.0 Å². The summed E-state index contributed by atoms with van der Waals surface area (Å²) in [6, 6.07) is 16.7. The van der Waals surface area contributed by atoms with Gasteiger partial charge in [0.2, 0.25) is 5.91 Å². The van der Waals surface area contributed by atoms with E-state index >= 15 is 0 Å². The molecule has 1 amide bonds.